The fraction of sp³-hybridized carbons (Fsp3) is 0.438. The van der Waals surface area contributed by atoms with E-state index >= 15 is 0 Å². The molecule has 1 fully saturated rings. The van der Waals surface area contributed by atoms with Gasteiger partial charge in [0, 0.05) is 23.1 Å². The van der Waals surface area contributed by atoms with Crippen LogP contribution in [0, 0.1) is 5.41 Å². The van der Waals surface area contributed by atoms with Crippen LogP contribution in [0.1, 0.15) is 31.2 Å². The van der Waals surface area contributed by atoms with Crippen molar-refractivity contribution in [3.63, 3.8) is 0 Å². The molecule has 0 spiro atoms. The molecule has 0 atom stereocenters. The van der Waals surface area contributed by atoms with Crippen LogP contribution in [0.2, 0.25) is 5.02 Å². The van der Waals surface area contributed by atoms with Gasteiger partial charge in [0.15, 0.2) is 0 Å². The topological polar surface area (TPSA) is 49.3 Å². The Morgan fingerprint density at radius 2 is 2.05 bits per heavy atom. The van der Waals surface area contributed by atoms with Gasteiger partial charge in [-0.1, -0.05) is 42.6 Å². The highest BCUT2D eigenvalue weighted by Crippen LogP contribution is 2.36. The zero-order valence-electron chi connectivity index (χ0n) is 11.4. The number of aliphatic hydroxyl groups excluding tert-OH is 1. The zero-order valence-corrected chi connectivity index (χ0v) is 12.2. The average Bonchev–Trinajstić information content (AvgIpc) is 2.94. The van der Waals surface area contributed by atoms with E-state index in [1.807, 2.05) is 18.2 Å². The van der Waals surface area contributed by atoms with Crippen molar-refractivity contribution in [2.75, 3.05) is 13.2 Å². The Labute approximate surface area is 124 Å². The Morgan fingerprint density at radius 3 is 2.70 bits per heavy atom. The van der Waals surface area contributed by atoms with Crippen LogP contribution in [-0.4, -0.2) is 24.2 Å². The molecule has 0 bridgehead atoms. The van der Waals surface area contributed by atoms with Crippen molar-refractivity contribution in [1.82, 2.24) is 5.32 Å². The smallest absolute Gasteiger partial charge is 0.244 e. The van der Waals surface area contributed by atoms with Gasteiger partial charge < -0.3 is 10.4 Å². The highest BCUT2D eigenvalue weighted by molar-refractivity contribution is 6.32. The van der Waals surface area contributed by atoms with E-state index in [1.165, 1.54) is 6.08 Å². The molecule has 1 aromatic carbocycles. The highest BCUT2D eigenvalue weighted by atomic mass is 35.5. The summed E-state index contributed by atoms with van der Waals surface area (Å²) in [6.07, 6.45) is 7.42. The van der Waals surface area contributed by atoms with E-state index in [2.05, 4.69) is 5.32 Å². The van der Waals surface area contributed by atoms with Crippen molar-refractivity contribution in [3.8, 4) is 0 Å². The number of carbonyl (C=O) groups is 1. The number of rotatable bonds is 5. The predicted octanol–water partition coefficient (Wildman–Crippen LogP) is 3.02. The lowest BCUT2D eigenvalue weighted by Gasteiger charge is -2.26. The minimum atomic E-state index is -0.148. The Kier molecular flexibility index (Phi) is 5.21. The number of carbonyl (C=O) groups excluding carboxylic acids is 1. The lowest BCUT2D eigenvalue weighted by atomic mass is 9.87. The summed E-state index contributed by atoms with van der Waals surface area (Å²) in [6, 6.07) is 7.38. The first-order valence-electron chi connectivity index (χ1n) is 6.97. The number of amides is 1. The maximum absolute atomic E-state index is 11.8. The van der Waals surface area contributed by atoms with Crippen LogP contribution in [0.4, 0.5) is 0 Å². The molecule has 4 heteroatoms. The first-order valence-corrected chi connectivity index (χ1v) is 7.34. The van der Waals surface area contributed by atoms with Gasteiger partial charge in [-0.25, -0.2) is 0 Å². The summed E-state index contributed by atoms with van der Waals surface area (Å²) < 4.78 is 0. The molecule has 0 unspecified atom stereocenters. The standard InChI is InChI=1S/C16H20ClNO2/c17-14-6-2-1-5-13(14)7-8-15(20)18-11-16(12-19)9-3-4-10-16/h1-2,5-8,19H,3-4,9-12H2,(H,18,20)/b8-7+. The van der Waals surface area contributed by atoms with Crippen LogP contribution < -0.4 is 5.32 Å². The fourth-order valence-corrected chi connectivity index (χ4v) is 2.82. The Hall–Kier alpha value is -1.32. The van der Waals surface area contributed by atoms with Crippen molar-refractivity contribution < 1.29 is 9.90 Å². The quantitative estimate of drug-likeness (QED) is 0.820. The summed E-state index contributed by atoms with van der Waals surface area (Å²) in [5.41, 5.74) is 0.704. The number of aliphatic hydroxyl groups is 1. The van der Waals surface area contributed by atoms with E-state index in [9.17, 15) is 9.90 Å². The van der Waals surface area contributed by atoms with Crippen molar-refractivity contribution >= 4 is 23.6 Å². The second kappa shape index (κ2) is 6.91. The van der Waals surface area contributed by atoms with Crippen LogP contribution in [0.3, 0.4) is 0 Å². The lowest BCUT2D eigenvalue weighted by Crippen LogP contribution is -2.37. The molecule has 0 radical (unpaired) electrons. The Bertz CT molecular complexity index is 493. The molecule has 1 saturated carbocycles. The van der Waals surface area contributed by atoms with E-state index in [-0.39, 0.29) is 17.9 Å². The molecule has 2 N–H and O–H groups in total. The summed E-state index contributed by atoms with van der Waals surface area (Å²) in [5, 5.41) is 13.0. The fourth-order valence-electron chi connectivity index (χ4n) is 2.63. The van der Waals surface area contributed by atoms with Crippen LogP contribution >= 0.6 is 11.6 Å². The van der Waals surface area contributed by atoms with Gasteiger partial charge in [0.05, 0.1) is 6.61 Å². The Morgan fingerprint density at radius 1 is 1.35 bits per heavy atom. The van der Waals surface area contributed by atoms with E-state index in [4.69, 9.17) is 11.6 Å². The molecule has 1 aliphatic carbocycles. The molecular formula is C16H20ClNO2. The molecular weight excluding hydrogens is 274 g/mol. The van der Waals surface area contributed by atoms with Gasteiger partial charge in [0.2, 0.25) is 5.91 Å². The molecule has 0 saturated heterocycles. The SMILES string of the molecule is O=C(/C=C/c1ccccc1Cl)NCC1(CO)CCCC1. The van der Waals surface area contributed by atoms with Crippen molar-refractivity contribution in [3.05, 3.63) is 40.9 Å². The van der Waals surface area contributed by atoms with Crippen molar-refractivity contribution in [2.45, 2.75) is 25.7 Å². The van der Waals surface area contributed by atoms with E-state index in [0.29, 0.717) is 11.6 Å². The zero-order chi connectivity index (χ0) is 14.4. The third kappa shape index (κ3) is 3.84. The molecule has 0 aliphatic heterocycles. The van der Waals surface area contributed by atoms with Crippen LogP contribution in [0.15, 0.2) is 30.3 Å². The largest absolute Gasteiger partial charge is 0.396 e. The van der Waals surface area contributed by atoms with Crippen LogP contribution in [0.5, 0.6) is 0 Å². The maximum Gasteiger partial charge on any atom is 0.244 e. The third-order valence-corrected chi connectivity index (χ3v) is 4.30. The number of hydrogen-bond acceptors (Lipinski definition) is 2. The van der Waals surface area contributed by atoms with E-state index < -0.39 is 0 Å². The molecule has 2 rings (SSSR count). The summed E-state index contributed by atoms with van der Waals surface area (Å²) >= 11 is 6.02. The minimum absolute atomic E-state index is 0.117. The van der Waals surface area contributed by atoms with Crippen LogP contribution in [-0.2, 0) is 4.79 Å². The van der Waals surface area contributed by atoms with Crippen molar-refractivity contribution in [1.29, 1.82) is 0 Å². The first-order chi connectivity index (χ1) is 9.65. The molecule has 20 heavy (non-hydrogen) atoms. The number of benzene rings is 1. The van der Waals surface area contributed by atoms with Gasteiger partial charge in [-0.2, -0.15) is 0 Å². The Balaban J connectivity index is 1.88. The van der Waals surface area contributed by atoms with Gasteiger partial charge in [-0.05, 0) is 30.5 Å². The number of halogens is 1. The highest BCUT2D eigenvalue weighted by Gasteiger charge is 2.33. The monoisotopic (exact) mass is 293 g/mol. The van der Waals surface area contributed by atoms with E-state index in [1.54, 1.807) is 12.1 Å². The summed E-state index contributed by atoms with van der Waals surface area (Å²) in [6.45, 7) is 0.677. The predicted molar refractivity (Wildman–Crippen MR) is 81.5 cm³/mol. The molecule has 1 amide bonds. The number of hydrogen-bond donors (Lipinski definition) is 2. The van der Waals surface area contributed by atoms with E-state index in [0.717, 1.165) is 31.2 Å². The molecule has 0 aromatic heterocycles. The summed E-state index contributed by atoms with van der Waals surface area (Å²) in [7, 11) is 0. The van der Waals surface area contributed by atoms with Gasteiger partial charge in [0.1, 0.15) is 0 Å². The first kappa shape index (κ1) is 15.1. The normalized spacial score (nSPS) is 17.5. The molecule has 0 heterocycles. The van der Waals surface area contributed by atoms with Gasteiger partial charge in [-0.3, -0.25) is 4.79 Å². The molecule has 3 nitrogen and oxygen atoms in total. The molecule has 108 valence electrons. The summed E-state index contributed by atoms with van der Waals surface area (Å²) in [5.74, 6) is -0.148. The summed E-state index contributed by atoms with van der Waals surface area (Å²) in [4.78, 5) is 11.8. The number of nitrogens with one attached hydrogen (secondary N) is 1. The molecule has 1 aromatic rings. The van der Waals surface area contributed by atoms with Gasteiger partial charge in [-0.15, -0.1) is 0 Å². The van der Waals surface area contributed by atoms with Crippen molar-refractivity contribution in [2.24, 2.45) is 5.41 Å². The second-order valence-corrected chi connectivity index (χ2v) is 5.85. The lowest BCUT2D eigenvalue weighted by molar-refractivity contribution is -0.117. The van der Waals surface area contributed by atoms with Crippen LogP contribution in [0.25, 0.3) is 6.08 Å². The molecule has 1 aliphatic rings. The minimum Gasteiger partial charge on any atom is -0.396 e. The van der Waals surface area contributed by atoms with Gasteiger partial charge >= 0.3 is 0 Å². The second-order valence-electron chi connectivity index (χ2n) is 5.44. The third-order valence-electron chi connectivity index (χ3n) is 3.96. The maximum atomic E-state index is 11.8. The van der Waals surface area contributed by atoms with Gasteiger partial charge in [0.25, 0.3) is 0 Å². The average molecular weight is 294 g/mol.